The molecule has 1 heterocycles. The molecule has 1 amide bonds. The normalized spacial score (nSPS) is 12.3. The van der Waals surface area contributed by atoms with Gasteiger partial charge in [-0.05, 0) is 60.2 Å². The van der Waals surface area contributed by atoms with Crippen LogP contribution in [-0.4, -0.2) is 53.4 Å². The number of nitrogens with zero attached hydrogens (tertiary/aromatic N) is 1. The molecule has 36 heavy (non-hydrogen) atoms. The molecule has 1 aliphatic heterocycles. The van der Waals surface area contributed by atoms with Crippen LogP contribution in [0.3, 0.4) is 0 Å². The average molecular weight is 518 g/mol. The van der Waals surface area contributed by atoms with Gasteiger partial charge in [-0.15, -0.1) is 0 Å². The van der Waals surface area contributed by atoms with Gasteiger partial charge < -0.3 is 28.0 Å². The van der Waals surface area contributed by atoms with Crippen LogP contribution in [0.1, 0.15) is 15.9 Å². The van der Waals surface area contributed by atoms with Crippen LogP contribution in [0.2, 0.25) is 0 Å². The fraction of sp³-hybridized carbons (Fsp3) is 0.240. The lowest BCUT2D eigenvalue weighted by atomic mass is 10.1. The molecule has 0 N–H and O–H groups in total. The molecule has 0 spiro atoms. The number of rotatable bonds is 10. The van der Waals surface area contributed by atoms with E-state index in [1.807, 2.05) is 0 Å². The van der Waals surface area contributed by atoms with Crippen LogP contribution >= 0.6 is 0 Å². The second-order valence-corrected chi connectivity index (χ2v) is 9.31. The number of methoxy groups -OCH3 is 2. The van der Waals surface area contributed by atoms with Gasteiger partial charge in [0.25, 0.3) is 5.91 Å². The average Bonchev–Trinajstić information content (AvgIpc) is 3.34. The van der Waals surface area contributed by atoms with Crippen molar-refractivity contribution in [3.8, 4) is 23.0 Å². The predicted molar refractivity (Wildman–Crippen MR) is 126 cm³/mol. The molecule has 0 atom stereocenters. The molecular weight excluding hydrogens is 493 g/mol. The molecule has 0 aliphatic carbocycles. The van der Waals surface area contributed by atoms with Gasteiger partial charge in [0.05, 0.1) is 13.7 Å². The summed E-state index contributed by atoms with van der Waals surface area (Å²) in [7, 11) is -1.35. The Labute approximate surface area is 208 Å². The first-order valence-electron chi connectivity index (χ1n) is 10.9. The number of ether oxygens (including phenoxy) is 4. The summed E-state index contributed by atoms with van der Waals surface area (Å²) in [6.45, 7) is 0.790. The van der Waals surface area contributed by atoms with Crippen LogP contribution in [0.5, 0.6) is 23.0 Å². The van der Waals surface area contributed by atoms with Gasteiger partial charge in [0.1, 0.15) is 10.7 Å². The van der Waals surface area contributed by atoms with E-state index in [9.17, 15) is 17.6 Å². The van der Waals surface area contributed by atoms with E-state index in [-0.39, 0.29) is 48.8 Å². The molecule has 3 aromatic rings. The zero-order valence-electron chi connectivity index (χ0n) is 19.6. The Morgan fingerprint density at radius 3 is 2.44 bits per heavy atom. The third-order valence-electron chi connectivity index (χ3n) is 5.38. The monoisotopic (exact) mass is 517 g/mol. The quantitative estimate of drug-likeness (QED) is 0.376. The van der Waals surface area contributed by atoms with E-state index >= 15 is 0 Å². The van der Waals surface area contributed by atoms with Gasteiger partial charge >= 0.3 is 10.1 Å². The largest absolute Gasteiger partial charge is 0.493 e. The molecular formula is C25H24FNO8S. The fourth-order valence-electron chi connectivity index (χ4n) is 3.54. The molecule has 190 valence electrons. The predicted octanol–water partition coefficient (Wildman–Crippen LogP) is 3.62. The SMILES string of the molecule is COCCN(Cc1ccc(OC)c(OS(=O)(=O)c2ccc(F)cc2)c1)C(=O)c1ccc2c(c1)OCO2. The lowest BCUT2D eigenvalue weighted by molar-refractivity contribution is 0.0680. The standard InChI is InChI=1S/C25H24FNO8S/c1-31-12-11-27(25(28)18-4-10-22-23(14-18)34-16-33-22)15-17-3-9-21(32-2)24(13-17)35-36(29,30)20-7-5-19(26)6-8-20/h3-10,13-14H,11-12,15-16H2,1-2H3. The Morgan fingerprint density at radius 1 is 0.972 bits per heavy atom. The van der Waals surface area contributed by atoms with Gasteiger partial charge in [0, 0.05) is 25.8 Å². The Balaban J connectivity index is 1.59. The maximum atomic E-state index is 13.3. The van der Waals surface area contributed by atoms with Gasteiger partial charge in [0.2, 0.25) is 6.79 Å². The second kappa shape index (κ2) is 10.8. The summed E-state index contributed by atoms with van der Waals surface area (Å²) in [5, 5.41) is 0. The summed E-state index contributed by atoms with van der Waals surface area (Å²) >= 11 is 0. The molecule has 0 saturated carbocycles. The summed E-state index contributed by atoms with van der Waals surface area (Å²) in [4.78, 5) is 14.6. The van der Waals surface area contributed by atoms with Gasteiger partial charge in [-0.2, -0.15) is 8.42 Å². The number of carbonyl (C=O) groups excluding carboxylic acids is 1. The summed E-state index contributed by atoms with van der Waals surface area (Å²) in [6.07, 6.45) is 0. The third kappa shape index (κ3) is 5.69. The number of carbonyl (C=O) groups is 1. The lowest BCUT2D eigenvalue weighted by Crippen LogP contribution is -2.33. The van der Waals surface area contributed by atoms with Crippen LogP contribution in [-0.2, 0) is 21.4 Å². The highest BCUT2D eigenvalue weighted by atomic mass is 32.2. The van der Waals surface area contributed by atoms with E-state index in [0.717, 1.165) is 24.3 Å². The van der Waals surface area contributed by atoms with Gasteiger partial charge in [0.15, 0.2) is 23.0 Å². The third-order valence-corrected chi connectivity index (χ3v) is 6.62. The molecule has 0 unspecified atom stereocenters. The van der Waals surface area contributed by atoms with E-state index in [2.05, 4.69) is 0 Å². The van der Waals surface area contributed by atoms with Crippen LogP contribution in [0, 0.1) is 5.82 Å². The minimum atomic E-state index is -4.26. The Morgan fingerprint density at radius 2 is 1.72 bits per heavy atom. The van der Waals surface area contributed by atoms with Crippen molar-refractivity contribution in [2.75, 3.05) is 34.2 Å². The Bertz CT molecular complexity index is 1340. The van der Waals surface area contributed by atoms with Crippen molar-refractivity contribution in [1.29, 1.82) is 0 Å². The number of fused-ring (bicyclic) bond motifs is 1. The maximum Gasteiger partial charge on any atom is 0.339 e. The molecule has 0 bridgehead atoms. The van der Waals surface area contributed by atoms with E-state index in [1.165, 1.54) is 20.3 Å². The van der Waals surface area contributed by atoms with Crippen LogP contribution in [0.25, 0.3) is 0 Å². The van der Waals surface area contributed by atoms with E-state index in [1.54, 1.807) is 35.2 Å². The molecule has 9 nitrogen and oxygen atoms in total. The topological polar surface area (TPSA) is 101 Å². The zero-order chi connectivity index (χ0) is 25.7. The Kier molecular flexibility index (Phi) is 7.61. The second-order valence-electron chi connectivity index (χ2n) is 7.76. The molecule has 0 aromatic heterocycles. The van der Waals surface area contributed by atoms with Gasteiger partial charge in [-0.1, -0.05) is 6.07 Å². The molecule has 0 fully saturated rings. The van der Waals surface area contributed by atoms with E-state index < -0.39 is 15.9 Å². The van der Waals surface area contributed by atoms with Crippen LogP contribution in [0.15, 0.2) is 65.6 Å². The summed E-state index contributed by atoms with van der Waals surface area (Å²) < 4.78 is 65.1. The number of benzene rings is 3. The van der Waals surface area contributed by atoms with Crippen LogP contribution < -0.4 is 18.4 Å². The molecule has 3 aromatic carbocycles. The summed E-state index contributed by atoms with van der Waals surface area (Å²) in [6, 6.07) is 13.9. The minimum Gasteiger partial charge on any atom is -0.493 e. The van der Waals surface area contributed by atoms with Crippen molar-refractivity contribution in [2.45, 2.75) is 11.4 Å². The van der Waals surface area contributed by atoms with E-state index in [0.29, 0.717) is 22.6 Å². The fourth-order valence-corrected chi connectivity index (χ4v) is 4.47. The number of hydrogen-bond acceptors (Lipinski definition) is 8. The Hall–Kier alpha value is -3.83. The highest BCUT2D eigenvalue weighted by Crippen LogP contribution is 2.34. The number of amides is 1. The van der Waals surface area contributed by atoms with Crippen LogP contribution in [0.4, 0.5) is 4.39 Å². The van der Waals surface area contributed by atoms with Crippen molar-refractivity contribution >= 4 is 16.0 Å². The molecule has 11 heteroatoms. The minimum absolute atomic E-state index is 0.0680. The van der Waals surface area contributed by atoms with Gasteiger partial charge in [-0.25, -0.2) is 4.39 Å². The first-order chi connectivity index (χ1) is 17.3. The van der Waals surface area contributed by atoms with Crippen molar-refractivity contribution in [3.05, 3.63) is 77.6 Å². The van der Waals surface area contributed by atoms with Crippen molar-refractivity contribution in [1.82, 2.24) is 4.90 Å². The first kappa shape index (κ1) is 25.3. The number of halogens is 1. The zero-order valence-corrected chi connectivity index (χ0v) is 20.4. The maximum absolute atomic E-state index is 13.3. The van der Waals surface area contributed by atoms with Crippen molar-refractivity contribution < 1.29 is 40.7 Å². The highest BCUT2D eigenvalue weighted by Gasteiger charge is 2.23. The van der Waals surface area contributed by atoms with Gasteiger partial charge in [-0.3, -0.25) is 4.79 Å². The highest BCUT2D eigenvalue weighted by molar-refractivity contribution is 7.87. The molecule has 1 aliphatic rings. The summed E-state index contributed by atoms with van der Waals surface area (Å²) in [5.74, 6) is 0.309. The van der Waals surface area contributed by atoms with Crippen molar-refractivity contribution in [3.63, 3.8) is 0 Å². The smallest absolute Gasteiger partial charge is 0.339 e. The van der Waals surface area contributed by atoms with Crippen molar-refractivity contribution in [2.24, 2.45) is 0 Å². The lowest BCUT2D eigenvalue weighted by Gasteiger charge is -2.23. The molecule has 4 rings (SSSR count). The molecule has 0 saturated heterocycles. The molecule has 0 radical (unpaired) electrons. The van der Waals surface area contributed by atoms with E-state index in [4.69, 9.17) is 23.1 Å². The number of hydrogen-bond donors (Lipinski definition) is 0. The summed E-state index contributed by atoms with van der Waals surface area (Å²) in [5.41, 5.74) is 0.990. The first-order valence-corrected chi connectivity index (χ1v) is 12.3.